The molecule has 86 valence electrons. The summed E-state index contributed by atoms with van der Waals surface area (Å²) < 4.78 is 13.8. The van der Waals surface area contributed by atoms with Crippen LogP contribution in [0.3, 0.4) is 0 Å². The summed E-state index contributed by atoms with van der Waals surface area (Å²) in [6.07, 6.45) is 2.02. The van der Waals surface area contributed by atoms with Crippen LogP contribution >= 0.6 is 0 Å². The van der Waals surface area contributed by atoms with E-state index in [2.05, 4.69) is 9.97 Å². The summed E-state index contributed by atoms with van der Waals surface area (Å²) in [6.45, 7) is 1.82. The van der Waals surface area contributed by atoms with E-state index < -0.39 is 5.82 Å². The fraction of sp³-hybridized carbons (Fsp3) is 0.0833. The third-order valence-electron chi connectivity index (χ3n) is 2.31. The van der Waals surface area contributed by atoms with Crippen molar-refractivity contribution in [2.45, 2.75) is 6.92 Å². The number of aryl methyl sites for hydroxylation is 1. The summed E-state index contributed by atoms with van der Waals surface area (Å²) in [7, 11) is 0. The zero-order valence-corrected chi connectivity index (χ0v) is 9.14. The Morgan fingerprint density at radius 3 is 2.76 bits per heavy atom. The van der Waals surface area contributed by atoms with Gasteiger partial charge in [0.15, 0.2) is 12.1 Å². The van der Waals surface area contributed by atoms with Crippen molar-refractivity contribution in [1.82, 2.24) is 9.97 Å². The van der Waals surface area contributed by atoms with Crippen LogP contribution in [0.15, 0.2) is 24.4 Å². The minimum atomic E-state index is -0.638. The smallest absolute Gasteiger partial charge is 0.172 e. The van der Waals surface area contributed by atoms with E-state index >= 15 is 0 Å². The van der Waals surface area contributed by atoms with E-state index in [0.717, 1.165) is 5.69 Å². The first-order valence-corrected chi connectivity index (χ1v) is 4.96. The summed E-state index contributed by atoms with van der Waals surface area (Å²) in [5.41, 5.74) is 6.81. The number of carbonyl (C=O) groups is 1. The molecule has 2 N–H and O–H groups in total. The molecule has 0 aromatic carbocycles. The normalized spacial score (nSPS) is 10.2. The van der Waals surface area contributed by atoms with Gasteiger partial charge in [-0.25, -0.2) is 9.37 Å². The zero-order chi connectivity index (χ0) is 12.4. The Hall–Kier alpha value is -2.30. The molecule has 0 amide bonds. The molecule has 0 unspecified atom stereocenters. The van der Waals surface area contributed by atoms with Gasteiger partial charge in [-0.15, -0.1) is 0 Å². The Morgan fingerprint density at radius 1 is 1.41 bits per heavy atom. The molecule has 2 aromatic rings. The highest BCUT2D eigenvalue weighted by Gasteiger charge is 2.12. The van der Waals surface area contributed by atoms with Gasteiger partial charge < -0.3 is 5.73 Å². The van der Waals surface area contributed by atoms with Crippen LogP contribution in [-0.2, 0) is 0 Å². The fourth-order valence-corrected chi connectivity index (χ4v) is 1.43. The first-order chi connectivity index (χ1) is 8.11. The average Bonchev–Trinajstić information content (AvgIpc) is 2.34. The van der Waals surface area contributed by atoms with Gasteiger partial charge >= 0.3 is 0 Å². The van der Waals surface area contributed by atoms with Crippen LogP contribution in [0.2, 0.25) is 0 Å². The summed E-state index contributed by atoms with van der Waals surface area (Å²) in [6, 6.07) is 4.62. The molecule has 4 nitrogen and oxygen atoms in total. The molecule has 0 aliphatic heterocycles. The SMILES string of the molecule is Cc1ccc(-c2nc(C=O)cc(N)c2F)cn1. The second kappa shape index (κ2) is 4.29. The Kier molecular flexibility index (Phi) is 2.82. The number of carbonyl (C=O) groups excluding carboxylic acids is 1. The quantitative estimate of drug-likeness (QED) is 0.802. The van der Waals surface area contributed by atoms with Crippen molar-refractivity contribution in [3.8, 4) is 11.3 Å². The summed E-state index contributed by atoms with van der Waals surface area (Å²) >= 11 is 0. The minimum absolute atomic E-state index is 0.0413. The monoisotopic (exact) mass is 231 g/mol. The van der Waals surface area contributed by atoms with Crippen molar-refractivity contribution in [3.05, 3.63) is 41.6 Å². The first-order valence-electron chi connectivity index (χ1n) is 4.96. The predicted molar refractivity (Wildman–Crippen MR) is 62.0 cm³/mol. The third-order valence-corrected chi connectivity index (χ3v) is 2.31. The van der Waals surface area contributed by atoms with Crippen LogP contribution in [0, 0.1) is 12.7 Å². The van der Waals surface area contributed by atoms with Crippen molar-refractivity contribution < 1.29 is 9.18 Å². The van der Waals surface area contributed by atoms with Gasteiger partial charge in [0.1, 0.15) is 11.4 Å². The first kappa shape index (κ1) is 11.2. The van der Waals surface area contributed by atoms with E-state index in [0.29, 0.717) is 11.8 Å². The highest BCUT2D eigenvalue weighted by Crippen LogP contribution is 2.24. The maximum Gasteiger partial charge on any atom is 0.172 e. The van der Waals surface area contributed by atoms with Crippen LogP contribution < -0.4 is 5.73 Å². The molecular formula is C12H10FN3O. The molecule has 0 atom stereocenters. The van der Waals surface area contributed by atoms with Crippen molar-refractivity contribution in [1.29, 1.82) is 0 Å². The highest BCUT2D eigenvalue weighted by atomic mass is 19.1. The van der Waals surface area contributed by atoms with E-state index in [1.807, 2.05) is 6.92 Å². The molecule has 0 saturated carbocycles. The van der Waals surface area contributed by atoms with Crippen molar-refractivity contribution >= 4 is 12.0 Å². The standard InChI is InChI=1S/C12H10FN3O/c1-7-2-3-8(5-15-7)12-11(13)10(14)4-9(6-17)16-12/h2-6H,1H3,(H2,14,16). The Morgan fingerprint density at radius 2 is 2.18 bits per heavy atom. The number of nitrogen functional groups attached to an aromatic ring is 1. The maximum absolute atomic E-state index is 13.8. The molecule has 0 aliphatic carbocycles. The summed E-state index contributed by atoms with van der Waals surface area (Å²) in [4.78, 5) is 18.6. The molecule has 0 bridgehead atoms. The predicted octanol–water partition coefficient (Wildman–Crippen LogP) is 1.99. The number of pyridine rings is 2. The van der Waals surface area contributed by atoms with Gasteiger partial charge in [0.2, 0.25) is 0 Å². The van der Waals surface area contributed by atoms with E-state index in [1.54, 1.807) is 12.1 Å². The van der Waals surface area contributed by atoms with E-state index in [1.165, 1.54) is 12.3 Å². The Bertz CT molecular complexity index is 567. The number of nitrogens with two attached hydrogens (primary N) is 1. The lowest BCUT2D eigenvalue weighted by Crippen LogP contribution is -2.01. The zero-order valence-electron chi connectivity index (χ0n) is 9.14. The van der Waals surface area contributed by atoms with E-state index in [4.69, 9.17) is 5.73 Å². The van der Waals surface area contributed by atoms with Crippen LogP contribution in [0.4, 0.5) is 10.1 Å². The molecule has 17 heavy (non-hydrogen) atoms. The molecule has 2 heterocycles. The number of hydrogen-bond acceptors (Lipinski definition) is 4. The van der Waals surface area contributed by atoms with Gasteiger partial charge in [-0.2, -0.15) is 0 Å². The molecule has 0 aliphatic rings. The highest BCUT2D eigenvalue weighted by molar-refractivity contribution is 5.77. The van der Waals surface area contributed by atoms with Crippen molar-refractivity contribution in [3.63, 3.8) is 0 Å². The van der Waals surface area contributed by atoms with E-state index in [-0.39, 0.29) is 17.1 Å². The molecule has 0 saturated heterocycles. The number of halogens is 1. The average molecular weight is 231 g/mol. The molecule has 0 fully saturated rings. The lowest BCUT2D eigenvalue weighted by molar-refractivity contribution is 0.111. The molecule has 0 spiro atoms. The number of hydrogen-bond donors (Lipinski definition) is 1. The topological polar surface area (TPSA) is 68.9 Å². The molecule has 2 rings (SSSR count). The summed E-state index contributed by atoms with van der Waals surface area (Å²) in [5.74, 6) is -0.638. The number of nitrogens with zero attached hydrogens (tertiary/aromatic N) is 2. The molecular weight excluding hydrogens is 221 g/mol. The Labute approximate surface area is 97.3 Å². The van der Waals surface area contributed by atoms with Gasteiger partial charge in [-0.1, -0.05) is 0 Å². The largest absolute Gasteiger partial charge is 0.396 e. The van der Waals surface area contributed by atoms with Crippen LogP contribution in [0.1, 0.15) is 16.2 Å². The number of aromatic nitrogens is 2. The molecule has 2 aromatic heterocycles. The van der Waals surface area contributed by atoms with Crippen molar-refractivity contribution in [2.75, 3.05) is 5.73 Å². The maximum atomic E-state index is 13.8. The molecule has 5 heteroatoms. The summed E-state index contributed by atoms with van der Waals surface area (Å²) in [5, 5.41) is 0. The fourth-order valence-electron chi connectivity index (χ4n) is 1.43. The molecule has 0 radical (unpaired) electrons. The Balaban J connectivity index is 2.61. The van der Waals surface area contributed by atoms with Gasteiger partial charge in [0, 0.05) is 17.5 Å². The number of anilines is 1. The van der Waals surface area contributed by atoms with Gasteiger partial charge in [-0.05, 0) is 25.1 Å². The second-order valence-electron chi connectivity index (χ2n) is 3.61. The van der Waals surface area contributed by atoms with Crippen molar-refractivity contribution in [2.24, 2.45) is 0 Å². The van der Waals surface area contributed by atoms with Gasteiger partial charge in [-0.3, -0.25) is 9.78 Å². The minimum Gasteiger partial charge on any atom is -0.396 e. The lowest BCUT2D eigenvalue weighted by Gasteiger charge is -2.06. The third kappa shape index (κ3) is 2.13. The van der Waals surface area contributed by atoms with Crippen LogP contribution in [-0.4, -0.2) is 16.3 Å². The van der Waals surface area contributed by atoms with Gasteiger partial charge in [0.25, 0.3) is 0 Å². The second-order valence-corrected chi connectivity index (χ2v) is 3.61. The van der Waals surface area contributed by atoms with Crippen LogP contribution in [0.25, 0.3) is 11.3 Å². The van der Waals surface area contributed by atoms with E-state index in [9.17, 15) is 9.18 Å². The lowest BCUT2D eigenvalue weighted by atomic mass is 10.1. The number of aldehydes is 1. The van der Waals surface area contributed by atoms with Crippen LogP contribution in [0.5, 0.6) is 0 Å². The number of rotatable bonds is 2. The van der Waals surface area contributed by atoms with Gasteiger partial charge in [0.05, 0.1) is 5.69 Å².